The van der Waals surface area contributed by atoms with Crippen LogP contribution in [-0.4, -0.2) is 32.4 Å². The summed E-state index contributed by atoms with van der Waals surface area (Å²) in [7, 11) is 3.46. The van der Waals surface area contributed by atoms with E-state index in [1.165, 1.54) is 10.5 Å². The highest BCUT2D eigenvalue weighted by atomic mass is 32.2. The number of aliphatic imine (C=N–C) groups is 1. The molecule has 0 aliphatic carbocycles. The van der Waals surface area contributed by atoms with E-state index in [9.17, 15) is 0 Å². The molecule has 0 unspecified atom stereocenters. The van der Waals surface area contributed by atoms with Crippen molar-refractivity contribution in [3.05, 3.63) is 60.2 Å². The van der Waals surface area contributed by atoms with E-state index in [1.807, 2.05) is 42.1 Å². The Hall–Kier alpha value is -2.14. The molecule has 0 aliphatic rings. The number of benzene rings is 2. The van der Waals surface area contributed by atoms with Crippen molar-refractivity contribution in [2.45, 2.75) is 11.4 Å². The van der Waals surface area contributed by atoms with Crippen LogP contribution in [0.1, 0.15) is 5.56 Å². The minimum Gasteiger partial charge on any atom is -0.497 e. The fourth-order valence-electron chi connectivity index (χ4n) is 2.00. The number of rotatable bonds is 7. The van der Waals surface area contributed by atoms with Gasteiger partial charge in [-0.25, -0.2) is 0 Å². The summed E-state index contributed by atoms with van der Waals surface area (Å²) in [5.74, 6) is 2.68. The van der Waals surface area contributed by atoms with Gasteiger partial charge in [-0.2, -0.15) is 0 Å². The Balaban J connectivity index is 1.68. The van der Waals surface area contributed by atoms with E-state index in [1.54, 1.807) is 14.2 Å². The molecule has 0 bridgehead atoms. The zero-order valence-corrected chi connectivity index (χ0v) is 14.4. The van der Waals surface area contributed by atoms with Crippen molar-refractivity contribution < 1.29 is 4.74 Å². The van der Waals surface area contributed by atoms with Crippen LogP contribution in [0.3, 0.4) is 0 Å². The molecule has 23 heavy (non-hydrogen) atoms. The standard InChI is InChI=1S/C18H23N3OS/c1-19-18(20-12-13-23-17-6-4-3-5-7-17)21-14-15-8-10-16(22-2)11-9-15/h3-11H,12-14H2,1-2H3,(H2,19,20,21). The first-order chi connectivity index (χ1) is 11.3. The lowest BCUT2D eigenvalue weighted by molar-refractivity contribution is 0.414. The normalized spacial score (nSPS) is 11.1. The van der Waals surface area contributed by atoms with E-state index in [0.717, 1.165) is 30.6 Å². The number of methoxy groups -OCH3 is 1. The Morgan fingerprint density at radius 3 is 2.43 bits per heavy atom. The van der Waals surface area contributed by atoms with Crippen LogP contribution in [0.5, 0.6) is 5.75 Å². The molecule has 0 spiro atoms. The number of hydrogen-bond donors (Lipinski definition) is 2. The van der Waals surface area contributed by atoms with E-state index < -0.39 is 0 Å². The Morgan fingerprint density at radius 1 is 1.04 bits per heavy atom. The molecule has 5 heteroatoms. The zero-order chi connectivity index (χ0) is 16.3. The molecule has 0 fully saturated rings. The number of ether oxygens (including phenoxy) is 1. The summed E-state index contributed by atoms with van der Waals surface area (Å²) >= 11 is 1.83. The average molecular weight is 329 g/mol. The quantitative estimate of drug-likeness (QED) is 0.354. The predicted molar refractivity (Wildman–Crippen MR) is 98.4 cm³/mol. The van der Waals surface area contributed by atoms with Gasteiger partial charge in [-0.1, -0.05) is 30.3 Å². The molecule has 0 heterocycles. The lowest BCUT2D eigenvalue weighted by Gasteiger charge is -2.12. The summed E-state index contributed by atoms with van der Waals surface area (Å²) in [6.07, 6.45) is 0. The Kier molecular flexibility index (Phi) is 7.33. The molecule has 2 rings (SSSR count). The van der Waals surface area contributed by atoms with Crippen LogP contribution in [0.4, 0.5) is 0 Å². The second-order valence-corrected chi connectivity index (χ2v) is 6.03. The van der Waals surface area contributed by atoms with Gasteiger partial charge in [-0.05, 0) is 29.8 Å². The Morgan fingerprint density at radius 2 is 1.78 bits per heavy atom. The van der Waals surface area contributed by atoms with Gasteiger partial charge in [0.2, 0.25) is 0 Å². The minimum absolute atomic E-state index is 0.732. The summed E-state index contributed by atoms with van der Waals surface area (Å²) in [4.78, 5) is 5.53. The van der Waals surface area contributed by atoms with Crippen LogP contribution in [0, 0.1) is 0 Å². The third-order valence-corrected chi connectivity index (χ3v) is 4.26. The predicted octanol–water partition coefficient (Wildman–Crippen LogP) is 3.15. The highest BCUT2D eigenvalue weighted by Crippen LogP contribution is 2.15. The highest BCUT2D eigenvalue weighted by Gasteiger charge is 1.99. The van der Waals surface area contributed by atoms with E-state index in [0.29, 0.717) is 0 Å². The second-order valence-electron chi connectivity index (χ2n) is 4.86. The first-order valence-corrected chi connectivity index (χ1v) is 8.55. The van der Waals surface area contributed by atoms with Gasteiger partial charge in [0.15, 0.2) is 5.96 Å². The molecular formula is C18H23N3OS. The minimum atomic E-state index is 0.732. The van der Waals surface area contributed by atoms with Gasteiger partial charge in [-0.15, -0.1) is 11.8 Å². The number of nitrogens with zero attached hydrogens (tertiary/aromatic N) is 1. The molecule has 0 aromatic heterocycles. The number of guanidine groups is 1. The van der Waals surface area contributed by atoms with E-state index in [2.05, 4.69) is 39.9 Å². The molecule has 4 nitrogen and oxygen atoms in total. The van der Waals surface area contributed by atoms with Crippen molar-refractivity contribution in [1.82, 2.24) is 10.6 Å². The summed E-state index contributed by atoms with van der Waals surface area (Å²) in [6.45, 7) is 1.59. The molecule has 0 saturated carbocycles. The fourth-order valence-corrected chi connectivity index (χ4v) is 2.79. The van der Waals surface area contributed by atoms with E-state index in [-0.39, 0.29) is 0 Å². The molecular weight excluding hydrogens is 306 g/mol. The number of thioether (sulfide) groups is 1. The lowest BCUT2D eigenvalue weighted by atomic mass is 10.2. The van der Waals surface area contributed by atoms with Crippen molar-refractivity contribution in [3.63, 3.8) is 0 Å². The number of hydrogen-bond acceptors (Lipinski definition) is 3. The van der Waals surface area contributed by atoms with Crippen LogP contribution in [0.15, 0.2) is 64.5 Å². The van der Waals surface area contributed by atoms with Crippen LogP contribution in [-0.2, 0) is 6.54 Å². The monoisotopic (exact) mass is 329 g/mol. The molecule has 2 aromatic carbocycles. The third-order valence-electron chi connectivity index (χ3n) is 3.25. The average Bonchev–Trinajstić information content (AvgIpc) is 2.62. The fraction of sp³-hybridized carbons (Fsp3) is 0.278. The van der Waals surface area contributed by atoms with Gasteiger partial charge >= 0.3 is 0 Å². The van der Waals surface area contributed by atoms with E-state index in [4.69, 9.17) is 4.74 Å². The third kappa shape index (κ3) is 6.24. The maximum Gasteiger partial charge on any atom is 0.191 e. The highest BCUT2D eigenvalue weighted by molar-refractivity contribution is 7.99. The van der Waals surface area contributed by atoms with Crippen LogP contribution in [0.2, 0.25) is 0 Å². The maximum absolute atomic E-state index is 5.16. The molecule has 2 N–H and O–H groups in total. The lowest BCUT2D eigenvalue weighted by Crippen LogP contribution is -2.37. The van der Waals surface area contributed by atoms with Crippen molar-refractivity contribution in [2.24, 2.45) is 4.99 Å². The van der Waals surface area contributed by atoms with Crippen LogP contribution < -0.4 is 15.4 Å². The van der Waals surface area contributed by atoms with Crippen LogP contribution in [0.25, 0.3) is 0 Å². The van der Waals surface area contributed by atoms with Gasteiger partial charge in [0.25, 0.3) is 0 Å². The molecule has 122 valence electrons. The van der Waals surface area contributed by atoms with Crippen molar-refractivity contribution in [1.29, 1.82) is 0 Å². The summed E-state index contributed by atoms with van der Waals surface area (Å²) in [5.41, 5.74) is 1.19. The first kappa shape index (κ1) is 17.2. The summed E-state index contributed by atoms with van der Waals surface area (Å²) < 4.78 is 5.16. The largest absolute Gasteiger partial charge is 0.497 e. The van der Waals surface area contributed by atoms with Gasteiger partial charge < -0.3 is 15.4 Å². The molecule has 2 aromatic rings. The SMILES string of the molecule is CN=C(NCCSc1ccccc1)NCc1ccc(OC)cc1. The van der Waals surface area contributed by atoms with Gasteiger partial charge in [-0.3, -0.25) is 4.99 Å². The first-order valence-electron chi connectivity index (χ1n) is 7.57. The zero-order valence-electron chi connectivity index (χ0n) is 13.6. The Bertz CT molecular complexity index is 599. The maximum atomic E-state index is 5.16. The van der Waals surface area contributed by atoms with Gasteiger partial charge in [0.05, 0.1) is 7.11 Å². The van der Waals surface area contributed by atoms with Gasteiger partial charge in [0.1, 0.15) is 5.75 Å². The molecule has 0 amide bonds. The second kappa shape index (κ2) is 9.79. The summed E-state index contributed by atoms with van der Waals surface area (Å²) in [6, 6.07) is 18.4. The van der Waals surface area contributed by atoms with Crippen molar-refractivity contribution in [2.75, 3.05) is 26.5 Å². The van der Waals surface area contributed by atoms with E-state index >= 15 is 0 Å². The molecule has 0 aliphatic heterocycles. The Labute approximate surface area is 142 Å². The topological polar surface area (TPSA) is 45.7 Å². The molecule has 0 saturated heterocycles. The summed E-state index contributed by atoms with van der Waals surface area (Å²) in [5, 5.41) is 6.64. The van der Waals surface area contributed by atoms with Crippen molar-refractivity contribution >= 4 is 17.7 Å². The van der Waals surface area contributed by atoms with Crippen LogP contribution >= 0.6 is 11.8 Å². The van der Waals surface area contributed by atoms with Gasteiger partial charge in [0, 0.05) is 30.8 Å². The molecule has 0 radical (unpaired) electrons. The van der Waals surface area contributed by atoms with Crippen molar-refractivity contribution in [3.8, 4) is 5.75 Å². The smallest absolute Gasteiger partial charge is 0.191 e. The number of nitrogens with one attached hydrogen (secondary N) is 2. The molecule has 0 atom stereocenters.